The summed E-state index contributed by atoms with van der Waals surface area (Å²) in [5.74, 6) is 0.795. The summed E-state index contributed by atoms with van der Waals surface area (Å²) < 4.78 is 0. The Morgan fingerprint density at radius 1 is 1.24 bits per heavy atom. The van der Waals surface area contributed by atoms with Crippen LogP contribution in [-0.4, -0.2) is 23.9 Å². The molecule has 0 aliphatic heterocycles. The highest BCUT2D eigenvalue weighted by Crippen LogP contribution is 2.13. The monoisotopic (exact) mass is 290 g/mol. The Kier molecular flexibility index (Phi) is 8.06. The van der Waals surface area contributed by atoms with Crippen molar-refractivity contribution in [2.45, 2.75) is 53.0 Å². The zero-order chi connectivity index (χ0) is 15.7. The number of aryl methyl sites for hydroxylation is 1. The molecule has 0 bridgehead atoms. The molecule has 0 radical (unpaired) electrons. The Labute approximate surface area is 129 Å². The number of rotatable bonds is 9. The molecule has 0 spiro atoms. The van der Waals surface area contributed by atoms with Crippen LogP contribution in [0.4, 0.5) is 0 Å². The van der Waals surface area contributed by atoms with E-state index >= 15 is 0 Å². The molecule has 1 unspecified atom stereocenters. The molecule has 1 atom stereocenters. The topological polar surface area (TPSA) is 46.3 Å². The maximum absolute atomic E-state index is 12.4. The van der Waals surface area contributed by atoms with Gasteiger partial charge in [0.2, 0.25) is 5.91 Å². The van der Waals surface area contributed by atoms with E-state index in [0.29, 0.717) is 18.9 Å². The lowest BCUT2D eigenvalue weighted by atomic mass is 10.0. The van der Waals surface area contributed by atoms with Crippen molar-refractivity contribution < 1.29 is 4.79 Å². The number of nitrogens with zero attached hydrogens (tertiary/aromatic N) is 1. The van der Waals surface area contributed by atoms with Gasteiger partial charge in [0.25, 0.3) is 0 Å². The predicted molar refractivity (Wildman–Crippen MR) is 89.0 cm³/mol. The summed E-state index contributed by atoms with van der Waals surface area (Å²) in [5, 5.41) is 0. The number of benzene rings is 1. The van der Waals surface area contributed by atoms with E-state index < -0.39 is 0 Å². The van der Waals surface area contributed by atoms with Gasteiger partial charge in [-0.1, -0.05) is 43.7 Å². The largest absolute Gasteiger partial charge is 0.338 e. The molecule has 0 aromatic heterocycles. The van der Waals surface area contributed by atoms with Crippen molar-refractivity contribution in [2.24, 2.45) is 11.7 Å². The van der Waals surface area contributed by atoms with Crippen LogP contribution in [0.1, 0.15) is 50.7 Å². The van der Waals surface area contributed by atoms with E-state index in [1.807, 2.05) is 4.90 Å². The molecule has 21 heavy (non-hydrogen) atoms. The van der Waals surface area contributed by atoms with Gasteiger partial charge in [0, 0.05) is 19.5 Å². The highest BCUT2D eigenvalue weighted by atomic mass is 16.2. The van der Waals surface area contributed by atoms with Crippen LogP contribution in [0.3, 0.4) is 0 Å². The first-order chi connectivity index (χ1) is 10.1. The Bertz CT molecular complexity index is 414. The van der Waals surface area contributed by atoms with Crippen LogP contribution in [0.15, 0.2) is 24.3 Å². The van der Waals surface area contributed by atoms with E-state index in [2.05, 4.69) is 45.0 Å². The van der Waals surface area contributed by atoms with E-state index in [1.54, 1.807) is 0 Å². The van der Waals surface area contributed by atoms with E-state index in [-0.39, 0.29) is 5.91 Å². The third-order valence-corrected chi connectivity index (χ3v) is 3.85. The van der Waals surface area contributed by atoms with Crippen LogP contribution in [0.5, 0.6) is 0 Å². The number of carbonyl (C=O) groups excluding carboxylic acids is 1. The van der Waals surface area contributed by atoms with Crippen LogP contribution in [0.2, 0.25) is 0 Å². The molecule has 0 fully saturated rings. The van der Waals surface area contributed by atoms with Gasteiger partial charge >= 0.3 is 0 Å². The van der Waals surface area contributed by atoms with Gasteiger partial charge in [-0.15, -0.1) is 0 Å². The van der Waals surface area contributed by atoms with E-state index in [9.17, 15) is 4.79 Å². The molecular formula is C18H30N2O. The van der Waals surface area contributed by atoms with Crippen molar-refractivity contribution in [3.8, 4) is 0 Å². The highest BCUT2D eigenvalue weighted by molar-refractivity contribution is 5.76. The maximum atomic E-state index is 12.4. The van der Waals surface area contributed by atoms with E-state index in [1.165, 1.54) is 11.1 Å². The molecule has 3 heteroatoms. The number of amides is 1. The average Bonchev–Trinajstić information content (AvgIpc) is 2.47. The second-order valence-corrected chi connectivity index (χ2v) is 6.02. The van der Waals surface area contributed by atoms with Crippen molar-refractivity contribution in [2.75, 3.05) is 13.1 Å². The first-order valence-corrected chi connectivity index (χ1v) is 8.10. The highest BCUT2D eigenvalue weighted by Gasteiger charge is 2.14. The molecule has 1 amide bonds. The molecular weight excluding hydrogens is 260 g/mol. The van der Waals surface area contributed by atoms with Gasteiger partial charge in [0.15, 0.2) is 0 Å². The van der Waals surface area contributed by atoms with Gasteiger partial charge in [-0.2, -0.15) is 0 Å². The average molecular weight is 290 g/mol. The van der Waals surface area contributed by atoms with Crippen LogP contribution in [0, 0.1) is 12.8 Å². The van der Waals surface area contributed by atoms with Crippen molar-refractivity contribution in [1.82, 2.24) is 4.90 Å². The fourth-order valence-electron chi connectivity index (χ4n) is 2.43. The quantitative estimate of drug-likeness (QED) is 0.756. The zero-order valence-electron chi connectivity index (χ0n) is 13.8. The lowest BCUT2D eigenvalue weighted by molar-refractivity contribution is -0.132. The molecule has 0 aliphatic carbocycles. The molecule has 1 rings (SSSR count). The summed E-state index contributed by atoms with van der Waals surface area (Å²) in [4.78, 5) is 14.4. The van der Waals surface area contributed by atoms with Crippen molar-refractivity contribution in [1.29, 1.82) is 0 Å². The van der Waals surface area contributed by atoms with Gasteiger partial charge in [-0.3, -0.25) is 4.79 Å². The van der Waals surface area contributed by atoms with Gasteiger partial charge in [0.1, 0.15) is 0 Å². The molecule has 3 nitrogen and oxygen atoms in total. The van der Waals surface area contributed by atoms with Crippen molar-refractivity contribution in [3.05, 3.63) is 35.4 Å². The van der Waals surface area contributed by atoms with Crippen LogP contribution in [-0.2, 0) is 11.3 Å². The fourth-order valence-corrected chi connectivity index (χ4v) is 2.43. The van der Waals surface area contributed by atoms with E-state index in [0.717, 1.165) is 32.4 Å². The number of nitrogens with two attached hydrogens (primary N) is 1. The standard InChI is InChI=1S/C18H30N2O/c1-4-13-20(14-17-8-5-15(2)6-9-17)18(21)10-7-16(3)11-12-19/h5-6,8-9,16H,4,7,10-14,19H2,1-3H3. The van der Waals surface area contributed by atoms with Crippen molar-refractivity contribution in [3.63, 3.8) is 0 Å². The first kappa shape index (κ1) is 17.7. The molecule has 0 saturated carbocycles. The Hall–Kier alpha value is -1.35. The Balaban J connectivity index is 2.55. The smallest absolute Gasteiger partial charge is 0.222 e. The SMILES string of the molecule is CCCN(Cc1ccc(C)cc1)C(=O)CCC(C)CCN. The summed E-state index contributed by atoms with van der Waals surface area (Å²) >= 11 is 0. The zero-order valence-corrected chi connectivity index (χ0v) is 13.8. The van der Waals surface area contributed by atoms with Gasteiger partial charge < -0.3 is 10.6 Å². The third-order valence-electron chi connectivity index (χ3n) is 3.85. The number of hydrogen-bond acceptors (Lipinski definition) is 2. The summed E-state index contributed by atoms with van der Waals surface area (Å²) in [6.07, 6.45) is 3.56. The molecule has 118 valence electrons. The summed E-state index contributed by atoms with van der Waals surface area (Å²) in [6, 6.07) is 8.44. The van der Waals surface area contributed by atoms with Gasteiger partial charge in [-0.05, 0) is 44.2 Å². The van der Waals surface area contributed by atoms with Crippen LogP contribution >= 0.6 is 0 Å². The lowest BCUT2D eigenvalue weighted by Crippen LogP contribution is -2.31. The first-order valence-electron chi connectivity index (χ1n) is 8.10. The molecule has 1 aromatic carbocycles. The lowest BCUT2D eigenvalue weighted by Gasteiger charge is -2.23. The Morgan fingerprint density at radius 2 is 1.90 bits per heavy atom. The predicted octanol–water partition coefficient (Wildman–Crippen LogP) is 3.50. The summed E-state index contributed by atoms with van der Waals surface area (Å²) in [6.45, 7) is 8.63. The number of carbonyl (C=O) groups is 1. The minimum Gasteiger partial charge on any atom is -0.338 e. The summed E-state index contributed by atoms with van der Waals surface area (Å²) in [7, 11) is 0. The van der Waals surface area contributed by atoms with Crippen LogP contribution in [0.25, 0.3) is 0 Å². The fraction of sp³-hybridized carbons (Fsp3) is 0.611. The van der Waals surface area contributed by atoms with Gasteiger partial charge in [-0.25, -0.2) is 0 Å². The van der Waals surface area contributed by atoms with E-state index in [4.69, 9.17) is 5.73 Å². The minimum absolute atomic E-state index is 0.265. The van der Waals surface area contributed by atoms with Crippen molar-refractivity contribution >= 4 is 5.91 Å². The molecule has 2 N–H and O–H groups in total. The minimum atomic E-state index is 0.265. The number of hydrogen-bond donors (Lipinski definition) is 1. The molecule has 0 aliphatic rings. The second-order valence-electron chi connectivity index (χ2n) is 6.02. The molecule has 0 saturated heterocycles. The van der Waals surface area contributed by atoms with Gasteiger partial charge in [0.05, 0.1) is 0 Å². The second kappa shape index (κ2) is 9.56. The normalized spacial score (nSPS) is 12.2. The third kappa shape index (κ3) is 6.76. The molecule has 1 aromatic rings. The molecule has 0 heterocycles. The maximum Gasteiger partial charge on any atom is 0.222 e. The Morgan fingerprint density at radius 3 is 2.48 bits per heavy atom. The van der Waals surface area contributed by atoms with Crippen LogP contribution < -0.4 is 5.73 Å². The summed E-state index contributed by atoms with van der Waals surface area (Å²) in [5.41, 5.74) is 8.02.